The number of carbonyl (C=O) groups excluding carboxylic acids is 2. The van der Waals surface area contributed by atoms with Crippen LogP contribution in [0.3, 0.4) is 0 Å². The lowest BCUT2D eigenvalue weighted by atomic mass is 9.81. The summed E-state index contributed by atoms with van der Waals surface area (Å²) in [5, 5.41) is 11.0. The van der Waals surface area contributed by atoms with Crippen LogP contribution in [0.2, 0.25) is 0 Å². The number of nitrogens with zero attached hydrogens (tertiary/aromatic N) is 3. The Labute approximate surface area is 178 Å². The Balaban J connectivity index is 1.58. The van der Waals surface area contributed by atoms with Crippen LogP contribution < -0.4 is 5.73 Å². The first-order chi connectivity index (χ1) is 14.4. The highest BCUT2D eigenvalue weighted by Gasteiger charge is 2.50. The number of primary amides is 1. The summed E-state index contributed by atoms with van der Waals surface area (Å²) in [4.78, 5) is 31.3. The zero-order valence-electron chi connectivity index (χ0n) is 17.8. The van der Waals surface area contributed by atoms with Crippen molar-refractivity contribution in [1.29, 1.82) is 0 Å². The third-order valence-corrected chi connectivity index (χ3v) is 7.20. The second-order valence-corrected chi connectivity index (χ2v) is 9.31. The van der Waals surface area contributed by atoms with Gasteiger partial charge in [-0.05, 0) is 38.4 Å². The van der Waals surface area contributed by atoms with Crippen LogP contribution in [0.5, 0.6) is 0 Å². The van der Waals surface area contributed by atoms with Crippen LogP contribution in [0.1, 0.15) is 30.7 Å². The first-order valence-electron chi connectivity index (χ1n) is 11.2. The molecule has 2 amide bonds. The zero-order valence-corrected chi connectivity index (χ0v) is 17.8. The molecule has 0 aromatic heterocycles. The molecular weight excluding hydrogens is 380 g/mol. The summed E-state index contributed by atoms with van der Waals surface area (Å²) in [6.45, 7) is 3.89. The fraction of sp³-hybridized carbons (Fsp3) is 0.652. The molecule has 3 heterocycles. The van der Waals surface area contributed by atoms with Gasteiger partial charge in [0.1, 0.15) is 0 Å². The fourth-order valence-electron chi connectivity index (χ4n) is 5.78. The SMILES string of the molecule is CN1CC[C@@H](O)[C@@H]2[C@@H](C1)N(C(=O)[C@@H]1CCCN(CC(N)=O)C1)C[C@H]2c1ccccc1. The zero-order chi connectivity index (χ0) is 21.3. The molecule has 0 aliphatic carbocycles. The molecule has 30 heavy (non-hydrogen) atoms. The van der Waals surface area contributed by atoms with Crippen molar-refractivity contribution in [1.82, 2.24) is 14.7 Å². The molecule has 3 aliphatic rings. The number of nitrogens with two attached hydrogens (primary N) is 1. The highest BCUT2D eigenvalue weighted by Crippen LogP contribution is 2.42. The van der Waals surface area contributed by atoms with Gasteiger partial charge >= 0.3 is 0 Å². The molecule has 0 unspecified atom stereocenters. The van der Waals surface area contributed by atoms with Crippen molar-refractivity contribution in [3.8, 4) is 0 Å². The van der Waals surface area contributed by atoms with E-state index in [1.807, 2.05) is 28.0 Å². The van der Waals surface area contributed by atoms with Crippen LogP contribution in [0.15, 0.2) is 30.3 Å². The standard InChI is InChI=1S/C23H34N4O3/c1-25-11-9-20(28)22-18(16-6-3-2-4-7-16)13-27(19(22)14-25)23(30)17-8-5-10-26(12-17)15-21(24)29/h2-4,6-7,17-20,22,28H,5,8-15H2,1H3,(H2,24,29)/t17-,18+,19-,20-,22+/m1/s1. The molecule has 3 aliphatic heterocycles. The molecule has 0 radical (unpaired) electrons. The van der Waals surface area contributed by atoms with Crippen molar-refractivity contribution >= 4 is 11.8 Å². The lowest BCUT2D eigenvalue weighted by Gasteiger charge is -2.36. The van der Waals surface area contributed by atoms with Crippen LogP contribution in [0.25, 0.3) is 0 Å². The van der Waals surface area contributed by atoms with E-state index in [1.54, 1.807) is 0 Å². The molecule has 7 heteroatoms. The Kier molecular flexibility index (Phi) is 6.41. The molecule has 1 aromatic rings. The van der Waals surface area contributed by atoms with E-state index in [0.717, 1.165) is 38.9 Å². The number of hydrogen-bond acceptors (Lipinski definition) is 5. The summed E-state index contributed by atoms with van der Waals surface area (Å²) in [7, 11) is 2.07. The van der Waals surface area contributed by atoms with Gasteiger partial charge in [-0.2, -0.15) is 0 Å². The van der Waals surface area contributed by atoms with E-state index >= 15 is 0 Å². The maximum absolute atomic E-state index is 13.7. The van der Waals surface area contributed by atoms with Crippen LogP contribution >= 0.6 is 0 Å². The molecule has 5 atom stereocenters. The minimum atomic E-state index is -0.416. The molecule has 1 aromatic carbocycles. The highest BCUT2D eigenvalue weighted by molar-refractivity contribution is 5.80. The van der Waals surface area contributed by atoms with Crippen molar-refractivity contribution in [3.63, 3.8) is 0 Å². The molecule has 3 saturated heterocycles. The van der Waals surface area contributed by atoms with Gasteiger partial charge in [-0.1, -0.05) is 30.3 Å². The lowest BCUT2D eigenvalue weighted by molar-refractivity contribution is -0.139. The Bertz CT molecular complexity index is 758. The smallest absolute Gasteiger partial charge is 0.231 e. The minimum Gasteiger partial charge on any atom is -0.393 e. The summed E-state index contributed by atoms with van der Waals surface area (Å²) >= 11 is 0. The number of hydrogen-bond donors (Lipinski definition) is 2. The van der Waals surface area contributed by atoms with E-state index in [1.165, 1.54) is 5.56 Å². The number of rotatable bonds is 4. The van der Waals surface area contributed by atoms with Gasteiger partial charge in [0.05, 0.1) is 24.6 Å². The molecule has 3 fully saturated rings. The van der Waals surface area contributed by atoms with Crippen LogP contribution in [0.4, 0.5) is 0 Å². The van der Waals surface area contributed by atoms with Crippen molar-refractivity contribution in [3.05, 3.63) is 35.9 Å². The first kappa shape index (κ1) is 21.3. The van der Waals surface area contributed by atoms with Crippen LogP contribution in [-0.2, 0) is 9.59 Å². The van der Waals surface area contributed by atoms with E-state index in [2.05, 4.69) is 24.1 Å². The number of piperidine rings is 1. The Morgan fingerprint density at radius 1 is 1.10 bits per heavy atom. The van der Waals surface area contributed by atoms with Gasteiger partial charge in [0.25, 0.3) is 0 Å². The van der Waals surface area contributed by atoms with Gasteiger partial charge in [0.2, 0.25) is 11.8 Å². The van der Waals surface area contributed by atoms with Gasteiger partial charge in [0.15, 0.2) is 0 Å². The van der Waals surface area contributed by atoms with Gasteiger partial charge < -0.3 is 20.6 Å². The van der Waals surface area contributed by atoms with Gasteiger partial charge in [-0.15, -0.1) is 0 Å². The molecule has 7 nitrogen and oxygen atoms in total. The number of likely N-dealkylation sites (tertiary alicyclic amines) is 3. The predicted octanol–water partition coefficient (Wildman–Crippen LogP) is 0.491. The number of aliphatic hydroxyl groups is 1. The average molecular weight is 415 g/mol. The van der Waals surface area contributed by atoms with E-state index < -0.39 is 6.10 Å². The van der Waals surface area contributed by atoms with Gasteiger partial charge in [-0.25, -0.2) is 0 Å². The third kappa shape index (κ3) is 4.38. The number of carbonyl (C=O) groups is 2. The van der Waals surface area contributed by atoms with E-state index in [4.69, 9.17) is 5.73 Å². The summed E-state index contributed by atoms with van der Waals surface area (Å²) in [5.41, 5.74) is 6.58. The number of fused-ring (bicyclic) bond motifs is 1. The fourth-order valence-corrected chi connectivity index (χ4v) is 5.78. The van der Waals surface area contributed by atoms with Crippen molar-refractivity contribution in [2.45, 2.75) is 37.3 Å². The summed E-state index contributed by atoms with van der Waals surface area (Å²) in [5.74, 6) is -0.0976. The summed E-state index contributed by atoms with van der Waals surface area (Å²) < 4.78 is 0. The maximum Gasteiger partial charge on any atom is 0.231 e. The molecule has 4 rings (SSSR count). The Hall–Kier alpha value is -1.96. The normalized spacial score (nSPS) is 33.1. The quantitative estimate of drug-likeness (QED) is 0.749. The molecule has 3 N–H and O–H groups in total. The van der Waals surface area contributed by atoms with E-state index in [9.17, 15) is 14.7 Å². The molecular formula is C23H34N4O3. The first-order valence-corrected chi connectivity index (χ1v) is 11.2. The number of benzene rings is 1. The summed E-state index contributed by atoms with van der Waals surface area (Å²) in [6, 6.07) is 10.3. The van der Waals surface area contributed by atoms with Gasteiger partial charge in [0, 0.05) is 38.0 Å². The molecule has 0 spiro atoms. The second kappa shape index (κ2) is 9.04. The topological polar surface area (TPSA) is 90.1 Å². The number of amides is 2. The second-order valence-electron chi connectivity index (χ2n) is 9.31. The third-order valence-electron chi connectivity index (χ3n) is 7.20. The maximum atomic E-state index is 13.7. The number of likely N-dealkylation sites (N-methyl/N-ethyl adjacent to an activating group) is 1. The van der Waals surface area contributed by atoms with Crippen molar-refractivity contribution < 1.29 is 14.7 Å². The van der Waals surface area contributed by atoms with E-state index in [-0.39, 0.29) is 42.2 Å². The molecule has 0 bridgehead atoms. The monoisotopic (exact) mass is 414 g/mol. The summed E-state index contributed by atoms with van der Waals surface area (Å²) in [6.07, 6.45) is 2.06. The van der Waals surface area contributed by atoms with Crippen LogP contribution in [0, 0.1) is 11.8 Å². The minimum absolute atomic E-state index is 0.0109. The predicted molar refractivity (Wildman–Crippen MR) is 115 cm³/mol. The van der Waals surface area contributed by atoms with Crippen molar-refractivity contribution in [2.75, 3.05) is 46.3 Å². The lowest BCUT2D eigenvalue weighted by Crippen LogP contribution is -2.51. The van der Waals surface area contributed by atoms with Crippen molar-refractivity contribution in [2.24, 2.45) is 17.6 Å². The number of aliphatic hydroxyl groups excluding tert-OH is 1. The average Bonchev–Trinajstić information content (AvgIpc) is 3.03. The van der Waals surface area contributed by atoms with Gasteiger partial charge in [-0.3, -0.25) is 14.5 Å². The Morgan fingerprint density at radius 2 is 1.87 bits per heavy atom. The highest BCUT2D eigenvalue weighted by atomic mass is 16.3. The van der Waals surface area contributed by atoms with E-state index in [0.29, 0.717) is 13.1 Å². The Morgan fingerprint density at radius 3 is 2.60 bits per heavy atom. The molecule has 0 saturated carbocycles. The van der Waals surface area contributed by atoms with Crippen LogP contribution in [-0.4, -0.2) is 90.1 Å². The molecule has 164 valence electrons. The largest absolute Gasteiger partial charge is 0.393 e.